The van der Waals surface area contributed by atoms with Crippen LogP contribution in [0.1, 0.15) is 33.6 Å². The van der Waals surface area contributed by atoms with Crippen molar-refractivity contribution in [2.75, 3.05) is 26.2 Å². The highest BCUT2D eigenvalue weighted by Crippen LogP contribution is 2.26. The smallest absolute Gasteiger partial charge is 0.408 e. The van der Waals surface area contributed by atoms with Gasteiger partial charge in [0.1, 0.15) is 12.6 Å². The second-order valence-electron chi connectivity index (χ2n) is 8.62. The first-order valence-electron chi connectivity index (χ1n) is 12.0. The number of carbonyl (C=O) groups is 4. The van der Waals surface area contributed by atoms with Gasteiger partial charge in [0.15, 0.2) is 6.61 Å². The molecule has 1 aliphatic rings. The summed E-state index contributed by atoms with van der Waals surface area (Å²) in [5.74, 6) is -1.57. The highest BCUT2D eigenvalue weighted by molar-refractivity contribution is 7.21. The van der Waals surface area contributed by atoms with E-state index in [2.05, 4.69) is 15.6 Å². The van der Waals surface area contributed by atoms with Crippen molar-refractivity contribution in [2.24, 2.45) is 0 Å². The number of esters is 1. The number of thiophene rings is 1. The van der Waals surface area contributed by atoms with Gasteiger partial charge in [-0.05, 0) is 43.0 Å². The van der Waals surface area contributed by atoms with Gasteiger partial charge in [-0.3, -0.25) is 14.6 Å². The number of pyridine rings is 1. The van der Waals surface area contributed by atoms with Crippen LogP contribution < -0.4 is 10.6 Å². The van der Waals surface area contributed by atoms with Gasteiger partial charge in [0, 0.05) is 25.8 Å². The van der Waals surface area contributed by atoms with Crippen LogP contribution in [0.15, 0.2) is 48.7 Å². The van der Waals surface area contributed by atoms with E-state index in [1.807, 2.05) is 31.2 Å². The van der Waals surface area contributed by atoms with E-state index < -0.39 is 30.6 Å². The van der Waals surface area contributed by atoms with Gasteiger partial charge in [-0.25, -0.2) is 9.59 Å². The number of likely N-dealkylation sites (tertiary alicyclic amines) is 1. The van der Waals surface area contributed by atoms with Gasteiger partial charge >= 0.3 is 12.1 Å². The monoisotopic (exact) mass is 524 g/mol. The van der Waals surface area contributed by atoms with Crippen LogP contribution in [-0.2, 0) is 25.7 Å². The predicted octanol–water partition coefficient (Wildman–Crippen LogP) is 2.80. The molecule has 1 aliphatic heterocycles. The average Bonchev–Trinajstić information content (AvgIpc) is 3.60. The Labute approximate surface area is 218 Å². The molecular formula is C26H28N4O6S. The molecule has 1 atom stereocenters. The summed E-state index contributed by atoms with van der Waals surface area (Å²) >= 11 is 1.29. The molecule has 0 aliphatic carbocycles. The molecule has 0 spiro atoms. The lowest BCUT2D eigenvalue weighted by Crippen LogP contribution is -2.49. The second-order valence-corrected chi connectivity index (χ2v) is 9.67. The Balaban J connectivity index is 1.37. The number of aryl methyl sites for hydroxylation is 1. The summed E-state index contributed by atoms with van der Waals surface area (Å²) in [5.41, 5.74) is 2.48. The molecule has 37 heavy (non-hydrogen) atoms. The first-order valence-corrected chi connectivity index (χ1v) is 12.8. The molecule has 1 saturated heterocycles. The largest absolute Gasteiger partial charge is 0.454 e. The average molecular weight is 525 g/mol. The molecule has 3 heterocycles. The summed E-state index contributed by atoms with van der Waals surface area (Å²) < 4.78 is 11.3. The van der Waals surface area contributed by atoms with Crippen LogP contribution >= 0.6 is 11.3 Å². The Bertz CT molecular complexity index is 1270. The van der Waals surface area contributed by atoms with Crippen molar-refractivity contribution in [2.45, 2.75) is 32.4 Å². The Morgan fingerprint density at radius 3 is 2.57 bits per heavy atom. The third-order valence-electron chi connectivity index (χ3n) is 5.89. The summed E-state index contributed by atoms with van der Waals surface area (Å²) in [6.45, 7) is 2.50. The first kappa shape index (κ1) is 26.1. The Morgan fingerprint density at radius 2 is 1.84 bits per heavy atom. The van der Waals surface area contributed by atoms with Gasteiger partial charge in [-0.1, -0.05) is 30.3 Å². The van der Waals surface area contributed by atoms with Crippen LogP contribution in [0.4, 0.5) is 4.79 Å². The molecule has 2 N–H and O–H groups in total. The van der Waals surface area contributed by atoms with Crippen LogP contribution in [0, 0.1) is 6.92 Å². The molecule has 3 amide bonds. The maximum absolute atomic E-state index is 12.8. The minimum atomic E-state index is -1.26. The molecule has 1 aromatic carbocycles. The molecular weight excluding hydrogens is 496 g/mol. The molecule has 4 rings (SSSR count). The van der Waals surface area contributed by atoms with E-state index in [0.717, 1.165) is 28.7 Å². The zero-order valence-electron chi connectivity index (χ0n) is 20.4. The standard InChI is InChI=1S/C26H28N4O6S/c1-17-9-10-27-19-13-21(37-23(17)19)24(32)28-14-20(25(33)35-16-22(31)30-11-5-6-12-30)29-26(34)36-15-18-7-3-2-4-8-18/h2-4,7-10,13,20H,5-6,11-12,14-16H2,1H3,(H,28,32)(H,29,34)/t20-/m1/s1. The fraction of sp³-hybridized carbons (Fsp3) is 0.346. The van der Waals surface area contributed by atoms with Gasteiger partial charge in [-0.15, -0.1) is 11.3 Å². The number of alkyl carbamates (subject to hydrolysis) is 1. The van der Waals surface area contributed by atoms with Crippen LogP contribution in [0.2, 0.25) is 0 Å². The molecule has 0 saturated carbocycles. The summed E-state index contributed by atoms with van der Waals surface area (Å²) in [5, 5.41) is 5.10. The molecule has 0 bridgehead atoms. The fourth-order valence-corrected chi connectivity index (χ4v) is 4.85. The van der Waals surface area contributed by atoms with E-state index in [1.54, 1.807) is 29.3 Å². The Hall–Kier alpha value is -3.99. The minimum Gasteiger partial charge on any atom is -0.454 e. The molecule has 1 fully saturated rings. The van der Waals surface area contributed by atoms with Crippen molar-refractivity contribution in [1.29, 1.82) is 0 Å². The normalized spacial score (nSPS) is 13.7. The molecule has 0 radical (unpaired) electrons. The fourth-order valence-electron chi connectivity index (χ4n) is 3.85. The first-order chi connectivity index (χ1) is 17.9. The quantitative estimate of drug-likeness (QED) is 0.412. The maximum atomic E-state index is 12.8. The number of benzene rings is 1. The number of rotatable bonds is 9. The molecule has 0 unspecified atom stereocenters. The van der Waals surface area contributed by atoms with Crippen LogP contribution in [0.25, 0.3) is 10.2 Å². The molecule has 194 valence electrons. The van der Waals surface area contributed by atoms with Crippen molar-refractivity contribution in [3.8, 4) is 0 Å². The van der Waals surface area contributed by atoms with E-state index in [1.165, 1.54) is 11.3 Å². The molecule has 11 heteroatoms. The van der Waals surface area contributed by atoms with E-state index >= 15 is 0 Å². The summed E-state index contributed by atoms with van der Waals surface area (Å²) in [7, 11) is 0. The van der Waals surface area contributed by atoms with Crippen molar-refractivity contribution < 1.29 is 28.7 Å². The topological polar surface area (TPSA) is 127 Å². The SMILES string of the molecule is Cc1ccnc2cc(C(=O)NC[C@@H](NC(=O)OCc3ccccc3)C(=O)OCC(=O)N3CCCC3)sc12. The van der Waals surface area contributed by atoms with Gasteiger partial charge < -0.3 is 25.0 Å². The lowest BCUT2D eigenvalue weighted by molar-refractivity contribution is -0.153. The van der Waals surface area contributed by atoms with E-state index in [4.69, 9.17) is 9.47 Å². The number of amides is 3. The van der Waals surface area contributed by atoms with Gasteiger partial charge in [0.25, 0.3) is 11.8 Å². The third-order valence-corrected chi connectivity index (χ3v) is 7.14. The lowest BCUT2D eigenvalue weighted by atomic mass is 10.2. The van der Waals surface area contributed by atoms with Crippen molar-refractivity contribution in [1.82, 2.24) is 20.5 Å². The summed E-state index contributed by atoms with van der Waals surface area (Å²) in [4.78, 5) is 56.6. The number of hydrogen-bond acceptors (Lipinski definition) is 8. The molecule has 10 nitrogen and oxygen atoms in total. The number of nitrogens with zero attached hydrogens (tertiary/aromatic N) is 2. The lowest BCUT2D eigenvalue weighted by Gasteiger charge is -2.19. The zero-order chi connectivity index (χ0) is 26.2. The van der Waals surface area contributed by atoms with Crippen molar-refractivity contribution >= 4 is 45.4 Å². The van der Waals surface area contributed by atoms with Crippen LogP contribution in [0.3, 0.4) is 0 Å². The Kier molecular flexibility index (Phi) is 8.68. The highest BCUT2D eigenvalue weighted by atomic mass is 32.1. The van der Waals surface area contributed by atoms with Gasteiger partial charge in [0.2, 0.25) is 0 Å². The zero-order valence-corrected chi connectivity index (χ0v) is 21.2. The predicted molar refractivity (Wildman–Crippen MR) is 137 cm³/mol. The summed E-state index contributed by atoms with van der Waals surface area (Å²) in [6, 6.07) is 11.3. The van der Waals surface area contributed by atoms with E-state index in [0.29, 0.717) is 23.5 Å². The number of hydrogen-bond donors (Lipinski definition) is 2. The van der Waals surface area contributed by atoms with Crippen LogP contribution in [-0.4, -0.2) is 66.0 Å². The number of nitrogens with one attached hydrogen (secondary N) is 2. The molecule has 3 aromatic rings. The summed E-state index contributed by atoms with van der Waals surface area (Å²) in [6.07, 6.45) is 2.64. The van der Waals surface area contributed by atoms with Gasteiger partial charge in [-0.2, -0.15) is 0 Å². The Morgan fingerprint density at radius 1 is 1.08 bits per heavy atom. The van der Waals surface area contributed by atoms with Crippen molar-refractivity contribution in [3.63, 3.8) is 0 Å². The number of aromatic nitrogens is 1. The maximum Gasteiger partial charge on any atom is 0.408 e. The number of carbonyl (C=O) groups excluding carboxylic acids is 4. The highest BCUT2D eigenvalue weighted by Gasteiger charge is 2.27. The second kappa shape index (κ2) is 12.3. The molecule has 2 aromatic heterocycles. The van der Waals surface area contributed by atoms with Crippen molar-refractivity contribution in [3.05, 3.63) is 64.7 Å². The van der Waals surface area contributed by atoms with E-state index in [-0.39, 0.29) is 19.1 Å². The van der Waals surface area contributed by atoms with Crippen LogP contribution in [0.5, 0.6) is 0 Å². The number of ether oxygens (including phenoxy) is 2. The van der Waals surface area contributed by atoms with Gasteiger partial charge in [0.05, 0.1) is 15.1 Å². The minimum absolute atomic E-state index is 0.00236. The third kappa shape index (κ3) is 7.04. The number of fused-ring (bicyclic) bond motifs is 1. The van der Waals surface area contributed by atoms with E-state index in [9.17, 15) is 19.2 Å².